The molecule has 1 aliphatic carbocycles. The van der Waals surface area contributed by atoms with Crippen molar-refractivity contribution in [2.24, 2.45) is 5.92 Å². The number of amides is 1. The molecule has 0 radical (unpaired) electrons. The fourth-order valence-corrected chi connectivity index (χ4v) is 3.20. The first-order chi connectivity index (χ1) is 13.6. The summed E-state index contributed by atoms with van der Waals surface area (Å²) in [6, 6.07) is 5.55. The average Bonchev–Trinajstić information content (AvgIpc) is 3.51. The van der Waals surface area contributed by atoms with Crippen LogP contribution < -0.4 is 15.0 Å². The molecule has 4 rings (SSSR count). The second kappa shape index (κ2) is 8.12. The molecule has 1 saturated carbocycles. The van der Waals surface area contributed by atoms with E-state index in [-0.39, 0.29) is 17.9 Å². The van der Waals surface area contributed by atoms with E-state index >= 15 is 0 Å². The molecule has 8 heteroatoms. The molecule has 1 amide bonds. The van der Waals surface area contributed by atoms with E-state index in [1.807, 2.05) is 25.1 Å². The Morgan fingerprint density at radius 3 is 2.64 bits per heavy atom. The third-order valence-electron chi connectivity index (χ3n) is 4.95. The van der Waals surface area contributed by atoms with E-state index in [2.05, 4.69) is 20.2 Å². The molecular formula is C20H24N4O4. The van der Waals surface area contributed by atoms with E-state index in [1.165, 1.54) is 0 Å². The lowest BCUT2D eigenvalue weighted by Gasteiger charge is -2.26. The van der Waals surface area contributed by atoms with Crippen LogP contribution in [-0.2, 0) is 14.3 Å². The summed E-state index contributed by atoms with van der Waals surface area (Å²) >= 11 is 0. The first-order valence-corrected chi connectivity index (χ1v) is 9.41. The monoisotopic (exact) mass is 384 g/mol. The smallest absolute Gasteiger partial charge is 0.230 e. The highest BCUT2D eigenvalue weighted by atomic mass is 16.5. The average molecular weight is 384 g/mol. The fraction of sp³-hybridized carbons (Fsp3) is 0.450. The molecule has 2 aliphatic rings. The third kappa shape index (κ3) is 4.23. The Labute approximate surface area is 163 Å². The lowest BCUT2D eigenvalue weighted by atomic mass is 10.2. The Kier molecular flexibility index (Phi) is 5.40. The van der Waals surface area contributed by atoms with Gasteiger partial charge < -0.3 is 24.4 Å². The molecule has 8 nitrogen and oxygen atoms in total. The molecule has 2 atom stereocenters. The van der Waals surface area contributed by atoms with Crippen LogP contribution in [0.3, 0.4) is 0 Å². The molecule has 1 saturated heterocycles. The minimum Gasteiger partial charge on any atom is -0.454 e. The van der Waals surface area contributed by atoms with Crippen LogP contribution >= 0.6 is 0 Å². The number of hydrogen-bond donors (Lipinski definition) is 1. The Morgan fingerprint density at radius 2 is 2.00 bits per heavy atom. The standard InChI is InChI=1S/C20H24N4O4/c1-13-9-14(23-19(25)16-10-18(16)26-2)3-4-17(13)28-15-11-21-20(22-12-15)24-5-7-27-8-6-24/h3-4,9,11-12,16,18H,5-8,10H2,1-2H3,(H,23,25). The van der Waals surface area contributed by atoms with Crippen molar-refractivity contribution < 1.29 is 19.0 Å². The summed E-state index contributed by atoms with van der Waals surface area (Å²) in [5.41, 5.74) is 1.66. The summed E-state index contributed by atoms with van der Waals surface area (Å²) in [6.45, 7) is 4.90. The van der Waals surface area contributed by atoms with Crippen molar-refractivity contribution in [2.45, 2.75) is 19.4 Å². The van der Waals surface area contributed by atoms with Crippen LogP contribution in [0.4, 0.5) is 11.6 Å². The lowest BCUT2D eigenvalue weighted by Crippen LogP contribution is -2.37. The number of morpholine rings is 1. The quantitative estimate of drug-likeness (QED) is 0.818. The molecule has 2 unspecified atom stereocenters. The number of nitrogens with one attached hydrogen (secondary N) is 1. The number of hydrogen-bond acceptors (Lipinski definition) is 7. The van der Waals surface area contributed by atoms with Gasteiger partial charge in [0.25, 0.3) is 0 Å². The van der Waals surface area contributed by atoms with E-state index in [1.54, 1.807) is 19.5 Å². The normalized spacial score (nSPS) is 21.3. The van der Waals surface area contributed by atoms with Gasteiger partial charge in [-0.2, -0.15) is 0 Å². The number of benzene rings is 1. The molecule has 2 aromatic rings. The van der Waals surface area contributed by atoms with Gasteiger partial charge >= 0.3 is 0 Å². The van der Waals surface area contributed by atoms with E-state index in [0.29, 0.717) is 30.7 Å². The molecule has 1 N–H and O–H groups in total. The second-order valence-corrected chi connectivity index (χ2v) is 7.01. The molecule has 0 bridgehead atoms. The molecule has 1 aliphatic heterocycles. The number of ether oxygens (including phenoxy) is 3. The van der Waals surface area contributed by atoms with Crippen LogP contribution in [0.15, 0.2) is 30.6 Å². The number of aryl methyl sites for hydroxylation is 1. The zero-order valence-corrected chi connectivity index (χ0v) is 16.1. The van der Waals surface area contributed by atoms with Crippen molar-refractivity contribution in [3.63, 3.8) is 0 Å². The number of aromatic nitrogens is 2. The predicted molar refractivity (Wildman–Crippen MR) is 104 cm³/mol. The van der Waals surface area contributed by atoms with Gasteiger partial charge in [0.05, 0.1) is 37.6 Å². The van der Waals surface area contributed by atoms with Crippen LogP contribution in [0, 0.1) is 12.8 Å². The Balaban J connectivity index is 1.37. The topological polar surface area (TPSA) is 85.8 Å². The first kappa shape index (κ1) is 18.6. The van der Waals surface area contributed by atoms with Crippen LogP contribution in [0.25, 0.3) is 0 Å². The van der Waals surface area contributed by atoms with E-state index < -0.39 is 0 Å². The highest BCUT2D eigenvalue weighted by Gasteiger charge is 2.43. The number of methoxy groups -OCH3 is 1. The van der Waals surface area contributed by atoms with Crippen molar-refractivity contribution in [1.29, 1.82) is 0 Å². The summed E-state index contributed by atoms with van der Waals surface area (Å²) in [5.74, 6) is 1.88. The van der Waals surface area contributed by atoms with Crippen molar-refractivity contribution in [3.8, 4) is 11.5 Å². The van der Waals surface area contributed by atoms with Crippen LogP contribution in [0.2, 0.25) is 0 Å². The predicted octanol–water partition coefficient (Wildman–Crippen LogP) is 2.39. The Hall–Kier alpha value is -2.71. The molecular weight excluding hydrogens is 360 g/mol. The lowest BCUT2D eigenvalue weighted by molar-refractivity contribution is -0.118. The summed E-state index contributed by atoms with van der Waals surface area (Å²) in [6.07, 6.45) is 4.17. The van der Waals surface area contributed by atoms with E-state index in [4.69, 9.17) is 14.2 Å². The largest absolute Gasteiger partial charge is 0.454 e. The van der Waals surface area contributed by atoms with Crippen molar-refractivity contribution >= 4 is 17.5 Å². The van der Waals surface area contributed by atoms with Gasteiger partial charge in [-0.05, 0) is 37.1 Å². The number of anilines is 2. The van der Waals surface area contributed by atoms with Gasteiger partial charge in [-0.15, -0.1) is 0 Å². The van der Waals surface area contributed by atoms with Gasteiger partial charge in [-0.1, -0.05) is 0 Å². The van der Waals surface area contributed by atoms with Crippen molar-refractivity contribution in [2.75, 3.05) is 43.6 Å². The zero-order valence-electron chi connectivity index (χ0n) is 16.1. The van der Waals surface area contributed by atoms with Crippen molar-refractivity contribution in [1.82, 2.24) is 9.97 Å². The van der Waals surface area contributed by atoms with Crippen LogP contribution in [0.5, 0.6) is 11.5 Å². The molecule has 28 heavy (non-hydrogen) atoms. The summed E-state index contributed by atoms with van der Waals surface area (Å²) in [5, 5.41) is 2.93. The van der Waals surface area contributed by atoms with Crippen molar-refractivity contribution in [3.05, 3.63) is 36.2 Å². The molecule has 148 valence electrons. The first-order valence-electron chi connectivity index (χ1n) is 9.41. The number of nitrogens with zero attached hydrogens (tertiary/aromatic N) is 3. The zero-order chi connectivity index (χ0) is 19.5. The maximum Gasteiger partial charge on any atom is 0.230 e. The highest BCUT2D eigenvalue weighted by molar-refractivity contribution is 5.95. The van der Waals surface area contributed by atoms with Gasteiger partial charge in [0.1, 0.15) is 5.75 Å². The number of rotatable bonds is 6. The SMILES string of the molecule is COC1CC1C(=O)Nc1ccc(Oc2cnc(N3CCOCC3)nc2)c(C)c1. The molecule has 1 aromatic carbocycles. The number of carbonyl (C=O) groups is 1. The number of carbonyl (C=O) groups excluding carboxylic acids is 1. The molecule has 0 spiro atoms. The van der Waals surface area contributed by atoms with Gasteiger partial charge in [0.15, 0.2) is 5.75 Å². The van der Waals surface area contributed by atoms with E-state index in [0.717, 1.165) is 30.8 Å². The van der Waals surface area contributed by atoms with E-state index in [9.17, 15) is 4.79 Å². The van der Waals surface area contributed by atoms with Crippen LogP contribution in [0.1, 0.15) is 12.0 Å². The highest BCUT2D eigenvalue weighted by Crippen LogP contribution is 2.34. The van der Waals surface area contributed by atoms with Gasteiger partial charge in [0.2, 0.25) is 11.9 Å². The molecule has 1 aromatic heterocycles. The third-order valence-corrected chi connectivity index (χ3v) is 4.95. The van der Waals surface area contributed by atoms with Gasteiger partial charge in [-0.3, -0.25) is 4.79 Å². The van der Waals surface area contributed by atoms with Crippen LogP contribution in [-0.4, -0.2) is 55.4 Å². The van der Waals surface area contributed by atoms with Gasteiger partial charge in [0, 0.05) is 25.9 Å². The maximum atomic E-state index is 12.1. The minimum atomic E-state index is -0.0524. The van der Waals surface area contributed by atoms with Gasteiger partial charge in [-0.25, -0.2) is 9.97 Å². The second-order valence-electron chi connectivity index (χ2n) is 7.01. The maximum absolute atomic E-state index is 12.1. The Bertz CT molecular complexity index is 837. The minimum absolute atomic E-state index is 0.00739. The summed E-state index contributed by atoms with van der Waals surface area (Å²) < 4.78 is 16.4. The summed E-state index contributed by atoms with van der Waals surface area (Å²) in [4.78, 5) is 23.0. The summed E-state index contributed by atoms with van der Waals surface area (Å²) in [7, 11) is 1.63. The Morgan fingerprint density at radius 1 is 1.25 bits per heavy atom. The molecule has 2 fully saturated rings. The fourth-order valence-electron chi connectivity index (χ4n) is 3.20. The molecule has 2 heterocycles.